The zero-order valence-electron chi connectivity index (χ0n) is 8.44. The zero-order chi connectivity index (χ0) is 11.3. The van der Waals surface area contributed by atoms with Gasteiger partial charge in [-0.25, -0.2) is 10.2 Å². The van der Waals surface area contributed by atoms with Crippen molar-refractivity contribution in [2.75, 3.05) is 13.7 Å². The fraction of sp³-hybridized carbons (Fsp3) is 0.300. The van der Waals surface area contributed by atoms with Gasteiger partial charge in [-0.05, 0) is 17.7 Å². The molecular weight excluding hydrogens is 199 g/mol. The first kappa shape index (κ1) is 11.6. The predicted molar refractivity (Wildman–Crippen MR) is 53.0 cm³/mol. The van der Waals surface area contributed by atoms with Crippen molar-refractivity contribution in [3.63, 3.8) is 0 Å². The fourth-order valence-corrected chi connectivity index (χ4v) is 0.939. The van der Waals surface area contributed by atoms with Crippen LogP contribution >= 0.6 is 0 Å². The predicted octanol–water partition coefficient (Wildman–Crippen LogP) is 0.674. The highest BCUT2D eigenvalue weighted by Crippen LogP contribution is 2.03. The second kappa shape index (κ2) is 5.43. The number of amides is 1. The molecule has 0 spiro atoms. The standard InChI is InChI=1S/C10H13FN2O2/c1-13(12)10(14)7-15-6-8-2-4-9(11)5-3-8/h2-5H,6-7,12H2,1H3. The Labute approximate surface area is 87.4 Å². The molecule has 1 aromatic rings. The normalized spacial score (nSPS) is 10.1. The fourth-order valence-electron chi connectivity index (χ4n) is 0.939. The van der Waals surface area contributed by atoms with Crippen LogP contribution in [-0.2, 0) is 16.1 Å². The Balaban J connectivity index is 2.32. The van der Waals surface area contributed by atoms with E-state index >= 15 is 0 Å². The smallest absolute Gasteiger partial charge is 0.262 e. The van der Waals surface area contributed by atoms with E-state index in [0.717, 1.165) is 10.6 Å². The number of likely N-dealkylation sites (N-methyl/N-ethyl adjacent to an activating group) is 1. The molecule has 0 heterocycles. The highest BCUT2D eigenvalue weighted by molar-refractivity contribution is 5.76. The number of benzene rings is 1. The van der Waals surface area contributed by atoms with Gasteiger partial charge in [0.1, 0.15) is 12.4 Å². The average molecular weight is 212 g/mol. The topological polar surface area (TPSA) is 55.6 Å². The van der Waals surface area contributed by atoms with Crippen molar-refractivity contribution in [2.45, 2.75) is 6.61 Å². The van der Waals surface area contributed by atoms with Gasteiger partial charge in [-0.15, -0.1) is 0 Å². The number of hydrogen-bond acceptors (Lipinski definition) is 3. The van der Waals surface area contributed by atoms with E-state index in [2.05, 4.69) is 0 Å². The molecule has 0 bridgehead atoms. The number of nitrogens with zero attached hydrogens (tertiary/aromatic N) is 1. The summed E-state index contributed by atoms with van der Waals surface area (Å²) in [6, 6.07) is 5.89. The van der Waals surface area contributed by atoms with Gasteiger partial charge in [0.25, 0.3) is 5.91 Å². The van der Waals surface area contributed by atoms with Crippen LogP contribution in [0, 0.1) is 5.82 Å². The molecular formula is C10H13FN2O2. The van der Waals surface area contributed by atoms with Gasteiger partial charge in [-0.2, -0.15) is 0 Å². The molecule has 0 atom stereocenters. The Kier molecular flexibility index (Phi) is 4.20. The van der Waals surface area contributed by atoms with Gasteiger partial charge in [0.2, 0.25) is 0 Å². The van der Waals surface area contributed by atoms with Gasteiger partial charge >= 0.3 is 0 Å². The van der Waals surface area contributed by atoms with Crippen molar-refractivity contribution in [3.05, 3.63) is 35.6 Å². The van der Waals surface area contributed by atoms with Gasteiger partial charge in [0.15, 0.2) is 0 Å². The Hall–Kier alpha value is -1.46. The summed E-state index contributed by atoms with van der Waals surface area (Å²) in [7, 11) is 1.45. The lowest BCUT2D eigenvalue weighted by Gasteiger charge is -2.09. The Morgan fingerprint density at radius 2 is 2.07 bits per heavy atom. The summed E-state index contributed by atoms with van der Waals surface area (Å²) in [6.45, 7) is 0.185. The first-order valence-corrected chi connectivity index (χ1v) is 4.43. The minimum atomic E-state index is -0.308. The third kappa shape index (κ3) is 4.05. The first-order valence-electron chi connectivity index (χ1n) is 4.43. The number of halogens is 1. The molecule has 0 aliphatic rings. The Morgan fingerprint density at radius 3 is 2.60 bits per heavy atom. The van der Waals surface area contributed by atoms with Gasteiger partial charge in [-0.3, -0.25) is 9.80 Å². The van der Waals surface area contributed by atoms with Crippen LogP contribution < -0.4 is 5.84 Å². The summed E-state index contributed by atoms with van der Waals surface area (Å²) in [5, 5.41) is 0.963. The lowest BCUT2D eigenvalue weighted by molar-refractivity contribution is -0.135. The second-order valence-electron chi connectivity index (χ2n) is 3.12. The number of nitrogens with two attached hydrogens (primary N) is 1. The Bertz CT molecular complexity index is 325. The molecule has 0 aromatic heterocycles. The first-order chi connectivity index (χ1) is 7.09. The monoisotopic (exact) mass is 212 g/mol. The molecule has 0 fully saturated rings. The lowest BCUT2D eigenvalue weighted by atomic mass is 10.2. The van der Waals surface area contributed by atoms with Gasteiger partial charge in [0.05, 0.1) is 6.61 Å². The maximum absolute atomic E-state index is 12.5. The van der Waals surface area contributed by atoms with E-state index in [1.54, 1.807) is 12.1 Å². The van der Waals surface area contributed by atoms with Crippen LogP contribution in [0.3, 0.4) is 0 Å². The average Bonchev–Trinajstić information content (AvgIpc) is 2.20. The third-order valence-electron chi connectivity index (χ3n) is 1.80. The summed E-state index contributed by atoms with van der Waals surface area (Å²) in [6.07, 6.45) is 0. The lowest BCUT2D eigenvalue weighted by Crippen LogP contribution is -2.35. The van der Waals surface area contributed by atoms with Crippen LogP contribution in [0.2, 0.25) is 0 Å². The third-order valence-corrected chi connectivity index (χ3v) is 1.80. The molecule has 1 amide bonds. The van der Waals surface area contributed by atoms with Crippen molar-refractivity contribution >= 4 is 5.91 Å². The molecule has 0 aliphatic carbocycles. The van der Waals surface area contributed by atoms with Crippen molar-refractivity contribution in [2.24, 2.45) is 5.84 Å². The van der Waals surface area contributed by atoms with Crippen molar-refractivity contribution in [3.8, 4) is 0 Å². The quantitative estimate of drug-likeness (QED) is 0.453. The molecule has 5 heteroatoms. The van der Waals surface area contributed by atoms with E-state index in [4.69, 9.17) is 10.6 Å². The number of hydrogen-bond donors (Lipinski definition) is 1. The van der Waals surface area contributed by atoms with Gasteiger partial charge in [0, 0.05) is 7.05 Å². The van der Waals surface area contributed by atoms with Crippen LogP contribution in [0.4, 0.5) is 4.39 Å². The maximum Gasteiger partial charge on any atom is 0.262 e. The highest BCUT2D eigenvalue weighted by Gasteiger charge is 2.03. The molecule has 0 aliphatic heterocycles. The van der Waals surface area contributed by atoms with Crippen LogP contribution in [0.1, 0.15) is 5.56 Å². The SMILES string of the molecule is CN(N)C(=O)COCc1ccc(F)cc1. The molecule has 2 N–H and O–H groups in total. The minimum absolute atomic E-state index is 0.0790. The molecule has 0 saturated carbocycles. The van der Waals surface area contributed by atoms with Gasteiger partial charge < -0.3 is 4.74 Å². The number of hydrazine groups is 1. The van der Waals surface area contributed by atoms with E-state index in [0.29, 0.717) is 0 Å². The van der Waals surface area contributed by atoms with Crippen molar-refractivity contribution in [1.29, 1.82) is 0 Å². The zero-order valence-corrected chi connectivity index (χ0v) is 8.44. The summed E-state index contributed by atoms with van der Waals surface area (Å²) in [4.78, 5) is 11.0. The molecule has 1 rings (SSSR count). The van der Waals surface area contributed by atoms with Gasteiger partial charge in [-0.1, -0.05) is 12.1 Å². The minimum Gasteiger partial charge on any atom is -0.367 e. The Morgan fingerprint density at radius 1 is 1.47 bits per heavy atom. The summed E-state index contributed by atoms with van der Waals surface area (Å²) < 4.78 is 17.6. The van der Waals surface area contributed by atoms with E-state index < -0.39 is 0 Å². The number of carbonyl (C=O) groups excluding carboxylic acids is 1. The van der Waals surface area contributed by atoms with Crippen LogP contribution in [-0.4, -0.2) is 24.6 Å². The maximum atomic E-state index is 12.5. The van der Waals surface area contributed by atoms with Crippen LogP contribution in [0.15, 0.2) is 24.3 Å². The molecule has 15 heavy (non-hydrogen) atoms. The molecule has 4 nitrogen and oxygen atoms in total. The molecule has 0 saturated heterocycles. The number of ether oxygens (including phenoxy) is 1. The van der Waals surface area contributed by atoms with E-state index in [1.807, 2.05) is 0 Å². The summed E-state index contributed by atoms with van der Waals surface area (Å²) >= 11 is 0. The van der Waals surface area contributed by atoms with Crippen molar-refractivity contribution in [1.82, 2.24) is 5.01 Å². The van der Waals surface area contributed by atoms with Crippen LogP contribution in [0.5, 0.6) is 0 Å². The molecule has 0 unspecified atom stereocenters. The number of rotatable bonds is 4. The molecule has 82 valence electrons. The molecule has 1 aromatic carbocycles. The van der Waals surface area contributed by atoms with E-state index in [1.165, 1.54) is 19.2 Å². The van der Waals surface area contributed by atoms with E-state index in [-0.39, 0.29) is 24.9 Å². The molecule has 0 radical (unpaired) electrons. The van der Waals surface area contributed by atoms with E-state index in [9.17, 15) is 9.18 Å². The number of carbonyl (C=O) groups is 1. The highest BCUT2D eigenvalue weighted by atomic mass is 19.1. The summed E-state index contributed by atoms with van der Waals surface area (Å²) in [5.74, 6) is 4.59. The largest absolute Gasteiger partial charge is 0.367 e. The summed E-state index contributed by atoms with van der Waals surface area (Å²) in [5.41, 5.74) is 0.809. The second-order valence-corrected chi connectivity index (χ2v) is 3.12. The van der Waals surface area contributed by atoms with Crippen molar-refractivity contribution < 1.29 is 13.9 Å². The van der Waals surface area contributed by atoms with Crippen LogP contribution in [0.25, 0.3) is 0 Å².